The van der Waals surface area contributed by atoms with Crippen LogP contribution in [-0.2, 0) is 6.54 Å². The molecule has 0 spiro atoms. The Morgan fingerprint density at radius 1 is 1.20 bits per heavy atom. The van der Waals surface area contributed by atoms with Gasteiger partial charge in [0, 0.05) is 12.7 Å². The highest BCUT2D eigenvalue weighted by Gasteiger charge is 2.13. The number of hydrogen-bond donors (Lipinski definition) is 3. The standard InChI is InChI=1S/C18H21N5O2/c1-2-11(12-3-5-13(6-4-12)17(24)25)7-9-23-10-8-14-15(23)16(19)22-18(20)21-14/h3-6,8,10-11H,2,7,9H2,1H3,(H,24,25)(H4,19,20,21,22). The lowest BCUT2D eigenvalue weighted by molar-refractivity contribution is 0.0697. The van der Waals surface area contributed by atoms with Gasteiger partial charge >= 0.3 is 5.97 Å². The van der Waals surface area contributed by atoms with E-state index in [1.54, 1.807) is 12.1 Å². The molecule has 0 saturated carbocycles. The summed E-state index contributed by atoms with van der Waals surface area (Å²) in [5.41, 5.74) is 14.6. The fourth-order valence-electron chi connectivity index (χ4n) is 3.14. The van der Waals surface area contributed by atoms with Gasteiger partial charge in [-0.1, -0.05) is 19.1 Å². The van der Waals surface area contributed by atoms with E-state index in [2.05, 4.69) is 16.9 Å². The largest absolute Gasteiger partial charge is 0.478 e. The number of carboxylic acid groups (broad SMARTS) is 1. The number of carboxylic acids is 1. The van der Waals surface area contributed by atoms with Crippen molar-refractivity contribution >= 4 is 28.8 Å². The summed E-state index contributed by atoms with van der Waals surface area (Å²) in [6, 6.07) is 8.97. The summed E-state index contributed by atoms with van der Waals surface area (Å²) in [4.78, 5) is 19.2. The molecule has 1 aromatic carbocycles. The third kappa shape index (κ3) is 3.40. The van der Waals surface area contributed by atoms with Crippen molar-refractivity contribution in [3.05, 3.63) is 47.7 Å². The zero-order valence-corrected chi connectivity index (χ0v) is 14.0. The van der Waals surface area contributed by atoms with Crippen LogP contribution in [0.1, 0.15) is 41.6 Å². The van der Waals surface area contributed by atoms with Gasteiger partial charge in [-0.2, -0.15) is 4.98 Å². The molecule has 0 radical (unpaired) electrons. The second kappa shape index (κ2) is 6.80. The molecule has 25 heavy (non-hydrogen) atoms. The average molecular weight is 339 g/mol. The molecule has 0 fully saturated rings. The van der Waals surface area contributed by atoms with Crippen LogP contribution in [0.3, 0.4) is 0 Å². The number of benzene rings is 1. The second-order valence-electron chi connectivity index (χ2n) is 6.03. The maximum atomic E-state index is 11.0. The first-order valence-corrected chi connectivity index (χ1v) is 8.20. The van der Waals surface area contributed by atoms with Crippen molar-refractivity contribution in [2.24, 2.45) is 0 Å². The van der Waals surface area contributed by atoms with Gasteiger partial charge in [-0.3, -0.25) is 0 Å². The summed E-state index contributed by atoms with van der Waals surface area (Å²) in [7, 11) is 0. The average Bonchev–Trinajstić information content (AvgIpc) is 2.99. The molecule has 0 aliphatic rings. The van der Waals surface area contributed by atoms with Gasteiger partial charge in [0.25, 0.3) is 0 Å². The monoisotopic (exact) mass is 339 g/mol. The molecule has 2 aromatic heterocycles. The van der Waals surface area contributed by atoms with Crippen molar-refractivity contribution in [3.8, 4) is 0 Å². The molecular weight excluding hydrogens is 318 g/mol. The molecule has 7 heteroatoms. The van der Waals surface area contributed by atoms with Crippen molar-refractivity contribution in [2.75, 3.05) is 11.5 Å². The summed E-state index contributed by atoms with van der Waals surface area (Å²) < 4.78 is 2.04. The molecular formula is C18H21N5O2. The number of aryl methyl sites for hydroxylation is 1. The molecule has 1 atom stereocenters. The molecule has 3 aromatic rings. The fraction of sp³-hybridized carbons (Fsp3) is 0.278. The van der Waals surface area contributed by atoms with Gasteiger partial charge in [0.2, 0.25) is 5.95 Å². The summed E-state index contributed by atoms with van der Waals surface area (Å²) in [6.07, 6.45) is 3.80. The lowest BCUT2D eigenvalue weighted by Gasteiger charge is -2.16. The summed E-state index contributed by atoms with van der Waals surface area (Å²) in [5, 5.41) is 9.01. The Hall–Kier alpha value is -3.09. The molecule has 0 aliphatic carbocycles. The van der Waals surface area contributed by atoms with Gasteiger partial charge < -0.3 is 21.1 Å². The predicted octanol–water partition coefficient (Wildman–Crippen LogP) is 2.88. The Morgan fingerprint density at radius 3 is 2.56 bits per heavy atom. The van der Waals surface area contributed by atoms with Crippen LogP contribution in [0.4, 0.5) is 11.8 Å². The van der Waals surface area contributed by atoms with Gasteiger partial charge in [-0.15, -0.1) is 0 Å². The molecule has 0 aliphatic heterocycles. The normalized spacial score (nSPS) is 12.4. The van der Waals surface area contributed by atoms with Crippen LogP contribution in [0.15, 0.2) is 36.5 Å². The van der Waals surface area contributed by atoms with Crippen molar-refractivity contribution < 1.29 is 9.90 Å². The Kier molecular flexibility index (Phi) is 4.56. The first kappa shape index (κ1) is 16.8. The lowest BCUT2D eigenvalue weighted by atomic mass is 9.92. The first-order valence-electron chi connectivity index (χ1n) is 8.20. The van der Waals surface area contributed by atoms with Crippen LogP contribution in [-0.4, -0.2) is 25.6 Å². The number of nitrogens with zero attached hydrogens (tertiary/aromatic N) is 3. The molecule has 0 amide bonds. The second-order valence-corrected chi connectivity index (χ2v) is 6.03. The number of fused-ring (bicyclic) bond motifs is 1. The Balaban J connectivity index is 1.78. The zero-order chi connectivity index (χ0) is 18.0. The maximum Gasteiger partial charge on any atom is 0.335 e. The third-order valence-corrected chi connectivity index (χ3v) is 4.50. The molecule has 0 bridgehead atoms. The minimum Gasteiger partial charge on any atom is -0.478 e. The van der Waals surface area contributed by atoms with E-state index in [1.165, 1.54) is 0 Å². The number of carbonyl (C=O) groups is 1. The van der Waals surface area contributed by atoms with E-state index < -0.39 is 5.97 Å². The van der Waals surface area contributed by atoms with E-state index in [-0.39, 0.29) is 5.95 Å². The van der Waals surface area contributed by atoms with Crippen LogP contribution >= 0.6 is 0 Å². The van der Waals surface area contributed by atoms with Gasteiger partial charge in [-0.25, -0.2) is 9.78 Å². The van der Waals surface area contributed by atoms with Crippen LogP contribution in [0.2, 0.25) is 0 Å². The Labute approximate surface area is 145 Å². The molecule has 5 N–H and O–H groups in total. The maximum absolute atomic E-state index is 11.0. The van der Waals surface area contributed by atoms with E-state index in [0.717, 1.165) is 36.0 Å². The van der Waals surface area contributed by atoms with E-state index in [1.807, 2.05) is 29.0 Å². The number of nitrogens with two attached hydrogens (primary N) is 2. The zero-order valence-electron chi connectivity index (χ0n) is 14.0. The van der Waals surface area contributed by atoms with E-state index in [4.69, 9.17) is 16.6 Å². The summed E-state index contributed by atoms with van der Waals surface area (Å²) in [5.74, 6) is -0.0246. The number of aromatic carboxylic acids is 1. The SMILES string of the molecule is CCC(CCn1ccc2nc(N)nc(N)c21)c1ccc(C(=O)O)cc1. The first-order chi connectivity index (χ1) is 12.0. The summed E-state index contributed by atoms with van der Waals surface area (Å²) in [6.45, 7) is 2.89. The fourth-order valence-corrected chi connectivity index (χ4v) is 3.14. The third-order valence-electron chi connectivity index (χ3n) is 4.50. The molecule has 7 nitrogen and oxygen atoms in total. The van der Waals surface area contributed by atoms with Crippen molar-refractivity contribution in [1.29, 1.82) is 0 Å². The van der Waals surface area contributed by atoms with Gasteiger partial charge in [0.05, 0.1) is 11.1 Å². The topological polar surface area (TPSA) is 120 Å². The number of nitrogen functional groups attached to an aromatic ring is 2. The molecule has 1 unspecified atom stereocenters. The highest BCUT2D eigenvalue weighted by Crippen LogP contribution is 2.26. The minimum absolute atomic E-state index is 0.174. The van der Waals surface area contributed by atoms with Crippen LogP contribution in [0, 0.1) is 0 Å². The van der Waals surface area contributed by atoms with Crippen LogP contribution in [0.5, 0.6) is 0 Å². The minimum atomic E-state index is -0.909. The highest BCUT2D eigenvalue weighted by molar-refractivity contribution is 5.87. The molecule has 2 heterocycles. The predicted molar refractivity (Wildman–Crippen MR) is 97.4 cm³/mol. The Morgan fingerprint density at radius 2 is 1.92 bits per heavy atom. The van der Waals surface area contributed by atoms with Crippen LogP contribution in [0.25, 0.3) is 11.0 Å². The highest BCUT2D eigenvalue weighted by atomic mass is 16.4. The molecule has 130 valence electrons. The lowest BCUT2D eigenvalue weighted by Crippen LogP contribution is -2.07. The Bertz CT molecular complexity index is 902. The smallest absolute Gasteiger partial charge is 0.335 e. The van der Waals surface area contributed by atoms with Gasteiger partial charge in [0.15, 0.2) is 5.82 Å². The van der Waals surface area contributed by atoms with Gasteiger partial charge in [0.1, 0.15) is 5.52 Å². The van der Waals surface area contributed by atoms with E-state index >= 15 is 0 Å². The van der Waals surface area contributed by atoms with Crippen LogP contribution < -0.4 is 11.5 Å². The van der Waals surface area contributed by atoms with Gasteiger partial charge in [-0.05, 0) is 42.5 Å². The molecule has 0 saturated heterocycles. The quantitative estimate of drug-likeness (QED) is 0.635. The van der Waals surface area contributed by atoms with Crippen molar-refractivity contribution in [1.82, 2.24) is 14.5 Å². The number of hydrogen-bond acceptors (Lipinski definition) is 5. The number of aromatic nitrogens is 3. The van der Waals surface area contributed by atoms with E-state index in [0.29, 0.717) is 17.3 Å². The number of rotatable bonds is 6. The van der Waals surface area contributed by atoms with Crippen molar-refractivity contribution in [2.45, 2.75) is 32.2 Å². The number of anilines is 2. The molecule has 3 rings (SSSR count). The van der Waals surface area contributed by atoms with E-state index in [9.17, 15) is 4.79 Å². The summed E-state index contributed by atoms with van der Waals surface area (Å²) >= 11 is 0. The van der Waals surface area contributed by atoms with Crippen molar-refractivity contribution in [3.63, 3.8) is 0 Å².